The molecule has 1 aromatic carbocycles. The van der Waals surface area contributed by atoms with E-state index in [1.807, 2.05) is 0 Å². The highest BCUT2D eigenvalue weighted by atomic mass is 32.2. The van der Waals surface area contributed by atoms with E-state index in [4.69, 9.17) is 4.74 Å². The van der Waals surface area contributed by atoms with Crippen molar-refractivity contribution in [1.29, 1.82) is 0 Å². The number of alkyl halides is 3. The van der Waals surface area contributed by atoms with Crippen LogP contribution in [-0.2, 0) is 0 Å². The van der Waals surface area contributed by atoms with Gasteiger partial charge in [0.05, 0.1) is 4.90 Å². The first-order valence-corrected chi connectivity index (χ1v) is 4.90. The van der Waals surface area contributed by atoms with Gasteiger partial charge in [-0.2, -0.15) is 13.2 Å². The highest BCUT2D eigenvalue weighted by Crippen LogP contribution is 2.42. The summed E-state index contributed by atoms with van der Waals surface area (Å²) in [4.78, 5) is 0.557. The van der Waals surface area contributed by atoms with E-state index in [0.717, 1.165) is 11.8 Å². The van der Waals surface area contributed by atoms with Gasteiger partial charge in [0.15, 0.2) is 0 Å². The number of thioether (sulfide) groups is 1. The van der Waals surface area contributed by atoms with E-state index in [9.17, 15) is 13.2 Å². The normalized spacial score (nSPS) is 21.2. The molecule has 0 bridgehead atoms. The molecule has 1 aliphatic rings. The fourth-order valence-electron chi connectivity index (χ4n) is 1.18. The van der Waals surface area contributed by atoms with Gasteiger partial charge < -0.3 is 4.74 Å². The quantitative estimate of drug-likeness (QED) is 0.664. The maximum Gasteiger partial charge on any atom is 0.404 e. The van der Waals surface area contributed by atoms with Crippen LogP contribution in [0.25, 0.3) is 0 Å². The molecule has 1 aliphatic heterocycles. The second-order valence-electron chi connectivity index (χ2n) is 2.91. The third-order valence-electron chi connectivity index (χ3n) is 1.87. The molecule has 1 aromatic rings. The van der Waals surface area contributed by atoms with Crippen LogP contribution in [-0.4, -0.2) is 18.0 Å². The predicted molar refractivity (Wildman–Crippen MR) is 47.6 cm³/mol. The number of para-hydroxylation sites is 1. The zero-order valence-electron chi connectivity index (χ0n) is 7.04. The fourth-order valence-corrected chi connectivity index (χ4v) is 2.16. The first kappa shape index (κ1) is 9.71. The van der Waals surface area contributed by atoms with Crippen molar-refractivity contribution in [3.63, 3.8) is 0 Å². The van der Waals surface area contributed by atoms with Crippen LogP contribution in [0.15, 0.2) is 29.2 Å². The molecule has 5 heteroatoms. The largest absolute Gasteiger partial charge is 0.491 e. The average Bonchev–Trinajstić information content (AvgIpc) is 2.16. The van der Waals surface area contributed by atoms with Crippen molar-refractivity contribution in [2.45, 2.75) is 16.3 Å². The summed E-state index contributed by atoms with van der Waals surface area (Å²) in [6.07, 6.45) is -4.20. The summed E-state index contributed by atoms with van der Waals surface area (Å²) >= 11 is 0.814. The fraction of sp³-hybridized carbons (Fsp3) is 0.333. The number of hydrogen-bond donors (Lipinski definition) is 0. The number of ether oxygens (including phenoxy) is 1. The Hall–Kier alpha value is -0.840. The molecular formula is C9H7F3OS. The summed E-state index contributed by atoms with van der Waals surface area (Å²) in [5, 5.41) is -1.45. The molecule has 0 N–H and O–H groups in total. The molecule has 0 aliphatic carbocycles. The first-order chi connectivity index (χ1) is 6.57. The molecule has 76 valence electrons. The summed E-state index contributed by atoms with van der Waals surface area (Å²) in [5.41, 5.74) is 0. The van der Waals surface area contributed by atoms with Crippen LogP contribution in [0.3, 0.4) is 0 Å². The van der Waals surface area contributed by atoms with Gasteiger partial charge >= 0.3 is 6.18 Å². The van der Waals surface area contributed by atoms with Crippen molar-refractivity contribution >= 4 is 11.8 Å². The van der Waals surface area contributed by atoms with E-state index >= 15 is 0 Å². The van der Waals surface area contributed by atoms with Crippen LogP contribution < -0.4 is 4.74 Å². The Morgan fingerprint density at radius 1 is 1.29 bits per heavy atom. The van der Waals surface area contributed by atoms with Crippen molar-refractivity contribution in [3.05, 3.63) is 24.3 Å². The lowest BCUT2D eigenvalue weighted by atomic mass is 10.3. The third-order valence-corrected chi connectivity index (χ3v) is 3.15. The molecule has 0 radical (unpaired) electrons. The van der Waals surface area contributed by atoms with Crippen LogP contribution in [0.1, 0.15) is 0 Å². The van der Waals surface area contributed by atoms with Crippen LogP contribution in [0.2, 0.25) is 0 Å². The van der Waals surface area contributed by atoms with Crippen molar-refractivity contribution in [2.75, 3.05) is 6.61 Å². The Morgan fingerprint density at radius 3 is 2.71 bits per heavy atom. The summed E-state index contributed by atoms with van der Waals surface area (Å²) in [6, 6.07) is 6.76. The van der Waals surface area contributed by atoms with Gasteiger partial charge in [-0.15, -0.1) is 11.8 Å². The molecule has 14 heavy (non-hydrogen) atoms. The second-order valence-corrected chi connectivity index (χ2v) is 4.15. The standard InChI is InChI=1S/C9H7F3OS/c10-9(11,12)8-5-13-6-3-1-2-4-7(6)14-8/h1-4,8H,5H2. The lowest BCUT2D eigenvalue weighted by molar-refractivity contribution is -0.134. The van der Waals surface area contributed by atoms with E-state index in [1.54, 1.807) is 24.3 Å². The van der Waals surface area contributed by atoms with Gasteiger partial charge in [0.2, 0.25) is 0 Å². The van der Waals surface area contributed by atoms with E-state index in [1.165, 1.54) is 0 Å². The predicted octanol–water partition coefficient (Wildman–Crippen LogP) is 3.10. The van der Waals surface area contributed by atoms with Crippen molar-refractivity contribution in [2.24, 2.45) is 0 Å². The van der Waals surface area contributed by atoms with Gasteiger partial charge in [-0.3, -0.25) is 0 Å². The van der Waals surface area contributed by atoms with Crippen molar-refractivity contribution in [1.82, 2.24) is 0 Å². The highest BCUT2D eigenvalue weighted by Gasteiger charge is 2.43. The molecule has 0 aromatic heterocycles. The monoisotopic (exact) mass is 220 g/mol. The number of hydrogen-bond acceptors (Lipinski definition) is 2. The molecule has 1 unspecified atom stereocenters. The van der Waals surface area contributed by atoms with E-state index in [-0.39, 0.29) is 6.61 Å². The van der Waals surface area contributed by atoms with Gasteiger partial charge in [0.25, 0.3) is 0 Å². The minimum Gasteiger partial charge on any atom is -0.491 e. The van der Waals surface area contributed by atoms with Crippen LogP contribution >= 0.6 is 11.8 Å². The molecule has 0 saturated heterocycles. The SMILES string of the molecule is FC(F)(F)C1COc2ccccc2S1. The van der Waals surface area contributed by atoms with Gasteiger partial charge in [-0.25, -0.2) is 0 Å². The molecule has 2 rings (SSSR count). The lowest BCUT2D eigenvalue weighted by Crippen LogP contribution is -2.33. The summed E-state index contributed by atoms with van der Waals surface area (Å²) in [7, 11) is 0. The van der Waals surface area contributed by atoms with E-state index < -0.39 is 11.4 Å². The van der Waals surface area contributed by atoms with Crippen molar-refractivity contribution < 1.29 is 17.9 Å². The summed E-state index contributed by atoms with van der Waals surface area (Å²) in [5.74, 6) is 0.540. The average molecular weight is 220 g/mol. The number of rotatable bonds is 0. The van der Waals surface area contributed by atoms with Gasteiger partial charge in [0, 0.05) is 0 Å². The Balaban J connectivity index is 2.22. The Morgan fingerprint density at radius 2 is 2.00 bits per heavy atom. The topological polar surface area (TPSA) is 9.23 Å². The molecular weight excluding hydrogens is 213 g/mol. The van der Waals surface area contributed by atoms with Crippen LogP contribution in [0.5, 0.6) is 5.75 Å². The first-order valence-electron chi connectivity index (χ1n) is 4.02. The number of fused-ring (bicyclic) bond motifs is 1. The molecule has 0 saturated carbocycles. The van der Waals surface area contributed by atoms with Crippen molar-refractivity contribution in [3.8, 4) is 5.75 Å². The minimum atomic E-state index is -4.20. The van der Waals surface area contributed by atoms with Gasteiger partial charge in [0.1, 0.15) is 17.6 Å². The second kappa shape index (κ2) is 3.38. The van der Waals surface area contributed by atoms with Gasteiger partial charge in [-0.1, -0.05) is 12.1 Å². The summed E-state index contributed by atoms with van der Waals surface area (Å²) < 4.78 is 42.0. The van der Waals surface area contributed by atoms with Gasteiger partial charge in [-0.05, 0) is 12.1 Å². The zero-order chi connectivity index (χ0) is 10.2. The zero-order valence-corrected chi connectivity index (χ0v) is 7.86. The highest BCUT2D eigenvalue weighted by molar-refractivity contribution is 8.00. The number of halogens is 3. The van der Waals surface area contributed by atoms with Crippen LogP contribution in [0, 0.1) is 0 Å². The third kappa shape index (κ3) is 1.82. The Labute approximate surface area is 83.3 Å². The molecule has 1 nitrogen and oxygen atoms in total. The number of benzene rings is 1. The van der Waals surface area contributed by atoms with E-state index in [2.05, 4.69) is 0 Å². The molecule has 0 spiro atoms. The van der Waals surface area contributed by atoms with Crippen LogP contribution in [0.4, 0.5) is 13.2 Å². The van der Waals surface area contributed by atoms with E-state index in [0.29, 0.717) is 10.6 Å². The smallest absolute Gasteiger partial charge is 0.404 e. The molecule has 1 atom stereocenters. The lowest BCUT2D eigenvalue weighted by Gasteiger charge is -2.26. The summed E-state index contributed by atoms with van der Waals surface area (Å²) in [6.45, 7) is -0.300. The molecule has 0 fully saturated rings. The molecule has 1 heterocycles. The Kier molecular flexibility index (Phi) is 2.34. The minimum absolute atomic E-state index is 0.300. The maximum absolute atomic E-state index is 12.3. The molecule has 0 amide bonds. The Bertz CT molecular complexity index is 337. The maximum atomic E-state index is 12.3.